The molecule has 0 saturated carbocycles. The topological polar surface area (TPSA) is 0 Å². The van der Waals surface area contributed by atoms with Crippen molar-refractivity contribution in [2.24, 2.45) is 0 Å². The van der Waals surface area contributed by atoms with Gasteiger partial charge in [-0.15, -0.1) is 0 Å². The first-order valence-electron chi connectivity index (χ1n) is 9.02. The summed E-state index contributed by atoms with van der Waals surface area (Å²) in [6.07, 6.45) is 1.10. The molecule has 0 aliphatic heterocycles. The van der Waals surface area contributed by atoms with Gasteiger partial charge < -0.3 is 0 Å². The molecular weight excluding hydrogens is 264 g/mol. The standard InChI is InChI=1S/C14H12.4C2H6/c1-10-6-7-12-9-11-4-2-3-5-13(11)14(12)8-10;4*1-2/h2-8H,9H2,1H3;4*1-2H3. The highest BCUT2D eigenvalue weighted by Gasteiger charge is 2.16. The molecule has 124 valence electrons. The fraction of sp³-hybridized carbons (Fsp3) is 0.455. The molecule has 0 bridgehead atoms. The Kier molecular flexibility index (Phi) is 14.8. The summed E-state index contributed by atoms with van der Waals surface area (Å²) in [5.41, 5.74) is 7.14. The van der Waals surface area contributed by atoms with E-state index in [9.17, 15) is 0 Å². The molecule has 1 aliphatic carbocycles. The van der Waals surface area contributed by atoms with Crippen LogP contribution in [0.1, 0.15) is 72.1 Å². The molecule has 1 aliphatic rings. The summed E-state index contributed by atoms with van der Waals surface area (Å²) in [7, 11) is 0. The second-order valence-electron chi connectivity index (χ2n) is 3.99. The predicted octanol–water partition coefficient (Wildman–Crippen LogP) is 7.67. The lowest BCUT2D eigenvalue weighted by atomic mass is 10.0. The lowest BCUT2D eigenvalue weighted by Crippen LogP contribution is -1.80. The molecule has 0 nitrogen and oxygen atoms in total. The monoisotopic (exact) mass is 300 g/mol. The Morgan fingerprint density at radius 1 is 0.591 bits per heavy atom. The van der Waals surface area contributed by atoms with Gasteiger partial charge in [0.25, 0.3) is 0 Å². The third-order valence-electron chi connectivity index (χ3n) is 2.95. The van der Waals surface area contributed by atoms with Crippen molar-refractivity contribution in [2.75, 3.05) is 0 Å². The molecular formula is C22H36. The van der Waals surface area contributed by atoms with Crippen molar-refractivity contribution < 1.29 is 0 Å². The van der Waals surface area contributed by atoms with Gasteiger partial charge in [-0.1, -0.05) is 103 Å². The van der Waals surface area contributed by atoms with E-state index in [0.717, 1.165) is 6.42 Å². The van der Waals surface area contributed by atoms with Gasteiger partial charge in [0.15, 0.2) is 0 Å². The number of hydrogen-bond donors (Lipinski definition) is 0. The van der Waals surface area contributed by atoms with Gasteiger partial charge in [-0.25, -0.2) is 0 Å². The normalized spacial score (nSPS) is 8.95. The Labute approximate surface area is 139 Å². The Hall–Kier alpha value is -1.56. The second-order valence-corrected chi connectivity index (χ2v) is 3.99. The lowest BCUT2D eigenvalue weighted by Gasteiger charge is -2.01. The van der Waals surface area contributed by atoms with Crippen molar-refractivity contribution in [3.63, 3.8) is 0 Å². The largest absolute Gasteiger partial charge is 0.0683 e. The summed E-state index contributed by atoms with van der Waals surface area (Å²) in [4.78, 5) is 0. The molecule has 0 N–H and O–H groups in total. The van der Waals surface area contributed by atoms with E-state index >= 15 is 0 Å². The third kappa shape index (κ3) is 6.05. The average molecular weight is 301 g/mol. The van der Waals surface area contributed by atoms with Crippen LogP contribution in [0.5, 0.6) is 0 Å². The van der Waals surface area contributed by atoms with Crippen LogP contribution in [0, 0.1) is 6.92 Å². The Balaban J connectivity index is 0. The van der Waals surface area contributed by atoms with Crippen molar-refractivity contribution in [3.8, 4) is 11.1 Å². The molecule has 0 saturated heterocycles. The molecule has 2 aromatic carbocycles. The number of aryl methyl sites for hydroxylation is 1. The van der Waals surface area contributed by atoms with Gasteiger partial charge in [-0.3, -0.25) is 0 Å². The van der Waals surface area contributed by atoms with E-state index in [-0.39, 0.29) is 0 Å². The molecule has 0 fully saturated rings. The fourth-order valence-corrected chi connectivity index (χ4v) is 2.24. The van der Waals surface area contributed by atoms with Crippen molar-refractivity contribution in [1.82, 2.24) is 0 Å². The summed E-state index contributed by atoms with van der Waals surface area (Å²) >= 11 is 0. The quantitative estimate of drug-likeness (QED) is 0.399. The molecule has 0 heterocycles. The first kappa shape index (κ1) is 22.7. The molecule has 0 aromatic heterocycles. The van der Waals surface area contributed by atoms with E-state index in [1.807, 2.05) is 55.4 Å². The third-order valence-corrected chi connectivity index (χ3v) is 2.95. The minimum Gasteiger partial charge on any atom is -0.0683 e. The summed E-state index contributed by atoms with van der Waals surface area (Å²) in [6, 6.07) is 15.4. The van der Waals surface area contributed by atoms with Gasteiger partial charge in [-0.2, -0.15) is 0 Å². The van der Waals surface area contributed by atoms with Crippen LogP contribution in [-0.2, 0) is 6.42 Å². The van der Waals surface area contributed by atoms with Crippen LogP contribution in [0.4, 0.5) is 0 Å². The van der Waals surface area contributed by atoms with E-state index in [1.54, 1.807) is 0 Å². The smallest absolute Gasteiger partial charge is 0.00135 e. The van der Waals surface area contributed by atoms with Crippen molar-refractivity contribution in [2.45, 2.75) is 68.7 Å². The Bertz CT molecular complexity index is 495. The fourth-order valence-electron chi connectivity index (χ4n) is 2.24. The molecule has 2 aromatic rings. The van der Waals surface area contributed by atoms with E-state index < -0.39 is 0 Å². The number of hydrogen-bond acceptors (Lipinski definition) is 0. The zero-order valence-corrected chi connectivity index (χ0v) is 16.2. The average Bonchev–Trinajstić information content (AvgIpc) is 3.00. The van der Waals surface area contributed by atoms with Crippen LogP contribution in [0.2, 0.25) is 0 Å². The molecule has 22 heavy (non-hydrogen) atoms. The van der Waals surface area contributed by atoms with Crippen molar-refractivity contribution in [1.29, 1.82) is 0 Å². The van der Waals surface area contributed by atoms with Crippen LogP contribution in [0.15, 0.2) is 42.5 Å². The van der Waals surface area contributed by atoms with Crippen LogP contribution in [-0.4, -0.2) is 0 Å². The van der Waals surface area contributed by atoms with Crippen LogP contribution in [0.25, 0.3) is 11.1 Å². The molecule has 0 atom stereocenters. The number of fused-ring (bicyclic) bond motifs is 3. The van der Waals surface area contributed by atoms with E-state index in [2.05, 4.69) is 49.4 Å². The van der Waals surface area contributed by atoms with E-state index in [1.165, 1.54) is 27.8 Å². The van der Waals surface area contributed by atoms with Gasteiger partial charge in [0.05, 0.1) is 0 Å². The zero-order valence-electron chi connectivity index (χ0n) is 16.2. The maximum Gasteiger partial charge on any atom is -0.00135 e. The second kappa shape index (κ2) is 14.4. The summed E-state index contributed by atoms with van der Waals surface area (Å²) < 4.78 is 0. The van der Waals surface area contributed by atoms with Crippen LogP contribution < -0.4 is 0 Å². The molecule has 0 spiro atoms. The van der Waals surface area contributed by atoms with Gasteiger partial charge in [0.2, 0.25) is 0 Å². The molecule has 0 radical (unpaired) electrons. The van der Waals surface area contributed by atoms with Gasteiger partial charge in [0.1, 0.15) is 0 Å². The SMILES string of the molecule is CC.CC.CC.CC.Cc1ccc2c(c1)-c1ccccc1C2. The highest BCUT2D eigenvalue weighted by Crippen LogP contribution is 2.36. The summed E-state index contributed by atoms with van der Waals surface area (Å²) in [5, 5.41) is 0. The van der Waals surface area contributed by atoms with Gasteiger partial charge in [-0.05, 0) is 35.6 Å². The Morgan fingerprint density at radius 2 is 1.09 bits per heavy atom. The minimum atomic E-state index is 1.10. The molecule has 0 heteroatoms. The van der Waals surface area contributed by atoms with E-state index in [4.69, 9.17) is 0 Å². The van der Waals surface area contributed by atoms with Crippen LogP contribution in [0.3, 0.4) is 0 Å². The summed E-state index contributed by atoms with van der Waals surface area (Å²) in [6.45, 7) is 18.2. The first-order valence-corrected chi connectivity index (χ1v) is 9.02. The minimum absolute atomic E-state index is 1.10. The molecule has 0 unspecified atom stereocenters. The zero-order chi connectivity index (χ0) is 17.5. The number of rotatable bonds is 0. The highest BCUT2D eigenvalue weighted by atomic mass is 14.2. The highest BCUT2D eigenvalue weighted by molar-refractivity contribution is 5.77. The van der Waals surface area contributed by atoms with Crippen molar-refractivity contribution in [3.05, 3.63) is 59.2 Å². The van der Waals surface area contributed by atoms with Gasteiger partial charge >= 0.3 is 0 Å². The Morgan fingerprint density at radius 3 is 1.68 bits per heavy atom. The van der Waals surface area contributed by atoms with Crippen LogP contribution >= 0.6 is 0 Å². The maximum absolute atomic E-state index is 2.29. The maximum atomic E-state index is 2.29. The summed E-state index contributed by atoms with van der Waals surface area (Å²) in [5.74, 6) is 0. The van der Waals surface area contributed by atoms with E-state index in [0.29, 0.717) is 0 Å². The molecule has 3 rings (SSSR count). The van der Waals surface area contributed by atoms with Crippen molar-refractivity contribution >= 4 is 0 Å². The first-order chi connectivity index (χ1) is 10.8. The molecule has 0 amide bonds. The van der Waals surface area contributed by atoms with Gasteiger partial charge in [0, 0.05) is 0 Å². The lowest BCUT2D eigenvalue weighted by molar-refractivity contribution is 1.26. The predicted molar refractivity (Wildman–Crippen MR) is 105 cm³/mol. The number of benzene rings is 2.